The molecule has 2 heterocycles. The third kappa shape index (κ3) is 27.8. The Kier molecular flexibility index (Phi) is 31.8. The van der Waals surface area contributed by atoms with Crippen molar-refractivity contribution >= 4 is 63.7 Å². The van der Waals surface area contributed by atoms with Gasteiger partial charge >= 0.3 is 0 Å². The van der Waals surface area contributed by atoms with Crippen LogP contribution >= 0.6 is 0 Å². The molecule has 5 amide bonds. The highest BCUT2D eigenvalue weighted by atomic mass is 16.2. The van der Waals surface area contributed by atoms with E-state index in [1.54, 1.807) is 9.80 Å². The number of hydrogen-bond donors (Lipinski definition) is 3. The number of likely N-dealkylation sites (N-methyl/N-ethyl adjacent to an activating group) is 2. The molecule has 0 aliphatic carbocycles. The van der Waals surface area contributed by atoms with Gasteiger partial charge in [0.2, 0.25) is 23.6 Å². The molecule has 550 valence electrons. The molecule has 0 spiro atoms. The highest BCUT2D eigenvalue weighted by molar-refractivity contribution is 6.03. The maximum atomic E-state index is 13.4. The van der Waals surface area contributed by atoms with Gasteiger partial charge in [-0.15, -0.1) is 0 Å². The fraction of sp³-hybridized carbons (Fsp3) is 0.386. The van der Waals surface area contributed by atoms with E-state index in [9.17, 15) is 24.0 Å². The van der Waals surface area contributed by atoms with E-state index >= 15 is 0 Å². The number of nitrogens with one attached hydrogen (secondary N) is 3. The van der Waals surface area contributed by atoms with E-state index in [1.807, 2.05) is 146 Å². The first kappa shape index (κ1) is 80.5. The second-order valence-corrected chi connectivity index (χ2v) is 28.2. The molecular weight excluding hydrogens is 1290 g/mol. The number of piperazine rings is 2. The monoisotopic (exact) mass is 1400 g/mol. The van der Waals surface area contributed by atoms with Crippen molar-refractivity contribution in [3.63, 3.8) is 0 Å². The van der Waals surface area contributed by atoms with E-state index in [0.29, 0.717) is 51.5 Å². The van der Waals surface area contributed by atoms with Gasteiger partial charge in [0, 0.05) is 233 Å². The summed E-state index contributed by atoms with van der Waals surface area (Å²) < 4.78 is 0. The highest BCUT2D eigenvalue weighted by Crippen LogP contribution is 2.23. The number of benzene rings is 7. The summed E-state index contributed by atoms with van der Waals surface area (Å²) in [5, 5.41) is 9.11. The Morgan fingerprint density at radius 3 is 1.17 bits per heavy atom. The van der Waals surface area contributed by atoms with Crippen LogP contribution in [0.25, 0.3) is 0 Å². The lowest BCUT2D eigenvalue weighted by Gasteiger charge is -2.34. The Balaban J connectivity index is 0.000000217. The van der Waals surface area contributed by atoms with Crippen LogP contribution in [0.1, 0.15) is 54.9 Å². The second-order valence-electron chi connectivity index (χ2n) is 28.2. The molecule has 0 atom stereocenters. The molecule has 2 fully saturated rings. The average molecular weight is 1400 g/mol. The van der Waals surface area contributed by atoms with Crippen molar-refractivity contribution in [2.75, 3.05) is 194 Å². The van der Waals surface area contributed by atoms with Crippen LogP contribution in [0.2, 0.25) is 0 Å². The molecule has 2 saturated heterocycles. The lowest BCUT2D eigenvalue weighted by atomic mass is 10.1. The maximum absolute atomic E-state index is 13.4. The first-order valence-electron chi connectivity index (χ1n) is 35.5. The second kappa shape index (κ2) is 40.7. The third-order valence-corrected chi connectivity index (χ3v) is 18.0. The summed E-state index contributed by atoms with van der Waals surface area (Å²) in [6.07, 6.45) is 5.37. The summed E-state index contributed by atoms with van der Waals surface area (Å²) in [5.74, 6) is -0.775. The molecule has 0 aromatic heterocycles. The van der Waals surface area contributed by atoms with Crippen LogP contribution in [0.4, 0.5) is 34.1 Å². The minimum absolute atomic E-state index is 0.0407. The quantitative estimate of drug-likeness (QED) is 0.0398. The standard InChI is InChI=1S/C32H45N5O.C26H35N5O2.C25H33N5O2/c1-25-8-17-31(33-21-26-9-11-27(12-10-26)22-34(2)3)30(20-25)32(38)37(7)19-18-36(6)24-29-15-13-28(14-16-29)23-35(4)5;1-28(2)23-9-5-21(6-10-23)19-27-25(32)13-14-26(33)31-17-15-30(16-18-31)20-22-7-11-24(12-8-22)29(3)4;1-27(2)22-9-5-20(6-10-22)19-29-15-17-30(18-16-29)25(32)14-13-24(31)26-21-7-11-23(12-8-21)28(3)4/h8-17,20,33H,18-19,21-24H2,1-7H3;5-14H,15-20H2,1-4H3,(H,27,32);5-14H,15-19H2,1-4H3,(H,26,31)/b;2*14-13+. The Morgan fingerprint density at radius 1 is 0.388 bits per heavy atom. The van der Waals surface area contributed by atoms with Crippen LogP contribution in [0.3, 0.4) is 0 Å². The highest BCUT2D eigenvalue weighted by Gasteiger charge is 2.23. The fourth-order valence-electron chi connectivity index (χ4n) is 11.7. The van der Waals surface area contributed by atoms with Gasteiger partial charge in [0.1, 0.15) is 0 Å². The van der Waals surface area contributed by atoms with E-state index in [-0.39, 0.29) is 29.5 Å². The molecular formula is C83H113N15O5. The lowest BCUT2D eigenvalue weighted by molar-refractivity contribution is -0.128. The van der Waals surface area contributed by atoms with Gasteiger partial charge in [-0.1, -0.05) is 96.6 Å². The average Bonchev–Trinajstić information content (AvgIpc) is 0.842. The molecule has 20 heteroatoms. The minimum Gasteiger partial charge on any atom is -0.380 e. The molecule has 9 rings (SSSR count). The predicted molar refractivity (Wildman–Crippen MR) is 425 cm³/mol. The van der Waals surface area contributed by atoms with E-state index in [4.69, 9.17) is 0 Å². The van der Waals surface area contributed by atoms with E-state index in [1.165, 1.54) is 69.1 Å². The van der Waals surface area contributed by atoms with Gasteiger partial charge < -0.3 is 64.9 Å². The van der Waals surface area contributed by atoms with Gasteiger partial charge in [-0.2, -0.15) is 0 Å². The minimum atomic E-state index is -0.309. The molecule has 20 nitrogen and oxygen atoms in total. The Morgan fingerprint density at radius 2 is 0.757 bits per heavy atom. The van der Waals surface area contributed by atoms with Crippen molar-refractivity contribution in [2.45, 2.75) is 52.7 Å². The summed E-state index contributed by atoms with van der Waals surface area (Å²) in [6, 6.07) is 56.2. The van der Waals surface area contributed by atoms with E-state index in [2.05, 4.69) is 189 Å². The van der Waals surface area contributed by atoms with Crippen molar-refractivity contribution in [1.82, 2.24) is 44.5 Å². The lowest BCUT2D eigenvalue weighted by Crippen LogP contribution is -2.47. The Hall–Kier alpha value is -9.83. The van der Waals surface area contributed by atoms with Gasteiger partial charge in [-0.25, -0.2) is 0 Å². The van der Waals surface area contributed by atoms with Crippen molar-refractivity contribution in [3.8, 4) is 0 Å². The van der Waals surface area contributed by atoms with E-state index in [0.717, 1.165) is 99.2 Å². The number of aryl methyl sites for hydroxylation is 1. The normalized spacial score (nSPS) is 13.3. The first-order chi connectivity index (χ1) is 49.2. The molecule has 3 N–H and O–H groups in total. The summed E-state index contributed by atoms with van der Waals surface area (Å²) in [7, 11) is 28.4. The summed E-state index contributed by atoms with van der Waals surface area (Å²) >= 11 is 0. The fourth-order valence-corrected chi connectivity index (χ4v) is 11.7. The zero-order valence-corrected chi connectivity index (χ0v) is 63.8. The van der Waals surface area contributed by atoms with Gasteiger partial charge in [-0.05, 0) is 154 Å². The van der Waals surface area contributed by atoms with Crippen molar-refractivity contribution in [3.05, 3.63) is 238 Å². The summed E-state index contributed by atoms with van der Waals surface area (Å²) in [6.45, 7) is 15.0. The van der Waals surface area contributed by atoms with Gasteiger partial charge in [0.25, 0.3) is 5.91 Å². The number of hydrogen-bond acceptors (Lipinski definition) is 15. The molecule has 7 aromatic rings. The number of carbonyl (C=O) groups is 5. The Labute approximate surface area is 614 Å². The molecule has 103 heavy (non-hydrogen) atoms. The predicted octanol–water partition coefficient (Wildman–Crippen LogP) is 9.93. The topological polar surface area (TPSA) is 160 Å². The number of rotatable bonds is 28. The van der Waals surface area contributed by atoms with Crippen LogP contribution in [-0.2, 0) is 65.0 Å². The van der Waals surface area contributed by atoms with Crippen molar-refractivity contribution in [2.24, 2.45) is 0 Å². The van der Waals surface area contributed by atoms with Gasteiger partial charge in [0.15, 0.2) is 0 Å². The number of amides is 5. The van der Waals surface area contributed by atoms with E-state index < -0.39 is 0 Å². The molecule has 0 saturated carbocycles. The molecule has 0 bridgehead atoms. The SMILES string of the molecule is CN(C)c1ccc(CN2CCN(C(=O)/C=C/C(=O)Nc3ccc(N(C)C)cc3)CC2)cc1.CN(C)c1ccc(CNC(=O)/C=C/C(=O)N2CCN(Cc3ccc(N(C)C)cc3)CC2)cc1.Cc1ccc(NCc2ccc(CN(C)C)cc2)c(C(=O)N(C)CCN(C)Cc2ccc(CN(C)C)cc2)c1. The van der Waals surface area contributed by atoms with Crippen LogP contribution in [0.5, 0.6) is 0 Å². The number of nitrogens with zero attached hydrogens (tertiary/aromatic N) is 12. The van der Waals surface area contributed by atoms with Gasteiger partial charge in [0.05, 0.1) is 5.56 Å². The first-order valence-corrected chi connectivity index (χ1v) is 35.5. The van der Waals surface area contributed by atoms with Gasteiger partial charge in [-0.3, -0.25) is 33.8 Å². The molecule has 2 aliphatic heterocycles. The third-order valence-electron chi connectivity index (χ3n) is 18.0. The zero-order chi connectivity index (χ0) is 74.5. The van der Waals surface area contributed by atoms with Crippen LogP contribution in [0, 0.1) is 6.92 Å². The molecule has 0 radical (unpaired) electrons. The zero-order valence-electron chi connectivity index (χ0n) is 63.8. The van der Waals surface area contributed by atoms with Crippen LogP contribution in [0.15, 0.2) is 188 Å². The number of carbonyl (C=O) groups excluding carboxylic acids is 5. The van der Waals surface area contributed by atoms with Crippen molar-refractivity contribution < 1.29 is 24.0 Å². The largest absolute Gasteiger partial charge is 0.380 e. The van der Waals surface area contributed by atoms with Crippen molar-refractivity contribution in [1.29, 1.82) is 0 Å². The maximum Gasteiger partial charge on any atom is 0.255 e. The smallest absolute Gasteiger partial charge is 0.255 e. The van der Waals surface area contributed by atoms with Crippen LogP contribution < -0.4 is 35.6 Å². The van der Waals surface area contributed by atoms with Crippen LogP contribution in [-0.4, -0.2) is 233 Å². The summed E-state index contributed by atoms with van der Waals surface area (Å²) in [4.78, 5) is 87.6. The number of anilines is 6. The molecule has 2 aliphatic rings. The molecule has 7 aromatic carbocycles. The summed E-state index contributed by atoms with van der Waals surface area (Å²) in [5.41, 5.74) is 16.5. The molecule has 0 unspecified atom stereocenters. The Bertz CT molecular complexity index is 3820.